The van der Waals surface area contributed by atoms with Gasteiger partial charge in [-0.15, -0.1) is 0 Å². The van der Waals surface area contributed by atoms with E-state index >= 15 is 0 Å². The summed E-state index contributed by atoms with van der Waals surface area (Å²) in [5.41, 5.74) is 1.12. The molecule has 136 valence electrons. The molecule has 1 aromatic heterocycles. The number of aliphatic imine (C=N–C) groups is 1. The number of hydrogen-bond acceptors (Lipinski definition) is 4. The van der Waals surface area contributed by atoms with Crippen LogP contribution in [0.4, 0.5) is 0 Å². The summed E-state index contributed by atoms with van der Waals surface area (Å²) in [7, 11) is 5.95. The van der Waals surface area contributed by atoms with Crippen molar-refractivity contribution >= 4 is 5.96 Å². The Bertz CT molecular complexity index is 515. The molecule has 1 aromatic rings. The smallest absolute Gasteiger partial charge is 0.193 e. The first-order chi connectivity index (χ1) is 11.6. The molecule has 0 amide bonds. The van der Waals surface area contributed by atoms with Gasteiger partial charge in [0.15, 0.2) is 5.96 Å². The van der Waals surface area contributed by atoms with Crippen molar-refractivity contribution in [2.24, 2.45) is 12.0 Å². The van der Waals surface area contributed by atoms with Crippen LogP contribution in [0.5, 0.6) is 0 Å². The second kappa shape index (κ2) is 9.64. The monoisotopic (exact) mass is 336 g/mol. The lowest BCUT2D eigenvalue weighted by molar-refractivity contribution is -0.00804. The molecule has 0 bridgehead atoms. The van der Waals surface area contributed by atoms with E-state index in [4.69, 9.17) is 4.74 Å². The van der Waals surface area contributed by atoms with E-state index in [0.29, 0.717) is 6.61 Å². The Kier molecular flexibility index (Phi) is 7.52. The van der Waals surface area contributed by atoms with Crippen molar-refractivity contribution < 1.29 is 4.74 Å². The van der Waals surface area contributed by atoms with Gasteiger partial charge in [0.1, 0.15) is 6.10 Å². The van der Waals surface area contributed by atoms with E-state index in [1.807, 2.05) is 31.2 Å². The lowest BCUT2D eigenvalue weighted by Gasteiger charge is -2.35. The fourth-order valence-corrected chi connectivity index (χ4v) is 2.88. The van der Waals surface area contributed by atoms with Crippen molar-refractivity contribution in [1.82, 2.24) is 24.9 Å². The summed E-state index contributed by atoms with van der Waals surface area (Å²) in [4.78, 5) is 9.07. The molecule has 24 heavy (non-hydrogen) atoms. The molecule has 1 atom stereocenters. The highest BCUT2D eigenvalue weighted by Gasteiger charge is 2.25. The van der Waals surface area contributed by atoms with Crippen LogP contribution in [0.15, 0.2) is 17.4 Å². The van der Waals surface area contributed by atoms with Gasteiger partial charge in [-0.25, -0.2) is 0 Å². The predicted molar refractivity (Wildman–Crippen MR) is 97.2 cm³/mol. The number of likely N-dealkylation sites (N-methyl/N-ethyl adjacent to an activating group) is 1. The molecule has 1 saturated heterocycles. The SMILES string of the molecule is CCCCN(C)CCNC(=NC)N1CCOC(c2cnn(C)c2)C1. The first kappa shape index (κ1) is 18.7. The Morgan fingerprint density at radius 1 is 1.50 bits per heavy atom. The summed E-state index contributed by atoms with van der Waals surface area (Å²) in [6.07, 6.45) is 6.45. The molecule has 7 nitrogen and oxygen atoms in total. The zero-order valence-corrected chi connectivity index (χ0v) is 15.5. The summed E-state index contributed by atoms with van der Waals surface area (Å²) in [5, 5.41) is 7.72. The number of morpholine rings is 1. The molecular formula is C17H32N6O. The van der Waals surface area contributed by atoms with Crippen LogP contribution in [0, 0.1) is 0 Å². The van der Waals surface area contributed by atoms with E-state index in [1.165, 1.54) is 12.8 Å². The number of ether oxygens (including phenoxy) is 1. The maximum Gasteiger partial charge on any atom is 0.193 e. The largest absolute Gasteiger partial charge is 0.370 e. The minimum absolute atomic E-state index is 0.0539. The number of nitrogens with zero attached hydrogens (tertiary/aromatic N) is 5. The van der Waals surface area contributed by atoms with Crippen molar-refractivity contribution in [2.45, 2.75) is 25.9 Å². The lowest BCUT2D eigenvalue weighted by atomic mass is 10.1. The topological polar surface area (TPSA) is 57.9 Å². The van der Waals surface area contributed by atoms with Gasteiger partial charge in [-0.1, -0.05) is 13.3 Å². The van der Waals surface area contributed by atoms with Gasteiger partial charge in [0.05, 0.1) is 19.3 Å². The summed E-state index contributed by atoms with van der Waals surface area (Å²) < 4.78 is 7.72. The van der Waals surface area contributed by atoms with Crippen LogP contribution in [-0.4, -0.2) is 79.0 Å². The van der Waals surface area contributed by atoms with Crippen LogP contribution in [0.3, 0.4) is 0 Å². The number of nitrogens with one attached hydrogen (secondary N) is 1. The minimum Gasteiger partial charge on any atom is -0.370 e. The van der Waals surface area contributed by atoms with Gasteiger partial charge < -0.3 is 19.9 Å². The number of aryl methyl sites for hydroxylation is 1. The standard InChI is InChI=1S/C17H32N6O/c1-5-6-8-21(3)9-7-19-17(18-2)23-10-11-24-16(14-23)15-12-20-22(4)13-15/h12-13,16H,5-11,14H2,1-4H3,(H,18,19). The number of guanidine groups is 1. The molecule has 1 aliphatic rings. The molecule has 0 radical (unpaired) electrons. The van der Waals surface area contributed by atoms with Gasteiger partial charge in [-0.2, -0.15) is 5.10 Å². The molecule has 1 aliphatic heterocycles. The summed E-state index contributed by atoms with van der Waals surface area (Å²) >= 11 is 0. The van der Waals surface area contributed by atoms with Crippen molar-refractivity contribution in [3.63, 3.8) is 0 Å². The number of unbranched alkanes of at least 4 members (excludes halogenated alkanes) is 1. The van der Waals surface area contributed by atoms with Crippen LogP contribution in [0.1, 0.15) is 31.4 Å². The van der Waals surface area contributed by atoms with Gasteiger partial charge in [-0.05, 0) is 20.0 Å². The highest BCUT2D eigenvalue weighted by molar-refractivity contribution is 5.80. The van der Waals surface area contributed by atoms with Gasteiger partial charge >= 0.3 is 0 Å². The number of aromatic nitrogens is 2. The fraction of sp³-hybridized carbons (Fsp3) is 0.765. The van der Waals surface area contributed by atoms with Gasteiger partial charge in [0.25, 0.3) is 0 Å². The van der Waals surface area contributed by atoms with Crippen molar-refractivity contribution in [3.8, 4) is 0 Å². The first-order valence-corrected chi connectivity index (χ1v) is 8.88. The van der Waals surface area contributed by atoms with Crippen LogP contribution in [0.2, 0.25) is 0 Å². The molecule has 0 spiro atoms. The molecule has 1 N–H and O–H groups in total. The zero-order valence-electron chi connectivity index (χ0n) is 15.5. The number of hydrogen-bond donors (Lipinski definition) is 1. The molecule has 2 heterocycles. The highest BCUT2D eigenvalue weighted by atomic mass is 16.5. The molecule has 2 rings (SSSR count). The van der Waals surface area contributed by atoms with Crippen LogP contribution in [0.25, 0.3) is 0 Å². The molecule has 1 fully saturated rings. The van der Waals surface area contributed by atoms with Gasteiger partial charge in [-0.3, -0.25) is 9.67 Å². The molecule has 0 aromatic carbocycles. The predicted octanol–water partition coefficient (Wildman–Crippen LogP) is 1.10. The van der Waals surface area contributed by atoms with Crippen LogP contribution < -0.4 is 5.32 Å². The lowest BCUT2D eigenvalue weighted by Crippen LogP contribution is -2.49. The minimum atomic E-state index is 0.0539. The van der Waals surface area contributed by atoms with Gasteiger partial charge in [0.2, 0.25) is 0 Å². The Balaban J connectivity index is 1.81. The molecule has 0 aliphatic carbocycles. The fourth-order valence-electron chi connectivity index (χ4n) is 2.88. The van der Waals surface area contributed by atoms with E-state index in [2.05, 4.69) is 39.2 Å². The average molecular weight is 336 g/mol. The van der Waals surface area contributed by atoms with E-state index < -0.39 is 0 Å². The quantitative estimate of drug-likeness (QED) is 0.597. The van der Waals surface area contributed by atoms with E-state index in [9.17, 15) is 0 Å². The second-order valence-electron chi connectivity index (χ2n) is 6.38. The highest BCUT2D eigenvalue weighted by Crippen LogP contribution is 2.21. The van der Waals surface area contributed by atoms with E-state index in [-0.39, 0.29) is 6.10 Å². The van der Waals surface area contributed by atoms with Crippen LogP contribution >= 0.6 is 0 Å². The van der Waals surface area contributed by atoms with Crippen molar-refractivity contribution in [3.05, 3.63) is 18.0 Å². The molecule has 7 heteroatoms. The molecule has 1 unspecified atom stereocenters. The normalized spacial score (nSPS) is 19.1. The summed E-state index contributed by atoms with van der Waals surface area (Å²) in [6, 6.07) is 0. The second-order valence-corrected chi connectivity index (χ2v) is 6.38. The van der Waals surface area contributed by atoms with Crippen molar-refractivity contribution in [1.29, 1.82) is 0 Å². The third-order valence-corrected chi connectivity index (χ3v) is 4.34. The van der Waals surface area contributed by atoms with Gasteiger partial charge in [0, 0.05) is 45.5 Å². The van der Waals surface area contributed by atoms with Crippen LogP contribution in [-0.2, 0) is 11.8 Å². The summed E-state index contributed by atoms with van der Waals surface area (Å²) in [6.45, 7) is 7.68. The Morgan fingerprint density at radius 2 is 2.33 bits per heavy atom. The zero-order chi connectivity index (χ0) is 17.4. The average Bonchev–Trinajstić information content (AvgIpc) is 3.03. The third kappa shape index (κ3) is 5.49. The third-order valence-electron chi connectivity index (χ3n) is 4.34. The molecule has 0 saturated carbocycles. The first-order valence-electron chi connectivity index (χ1n) is 8.88. The molecular weight excluding hydrogens is 304 g/mol. The Labute approximate surface area is 145 Å². The van der Waals surface area contributed by atoms with Crippen molar-refractivity contribution in [2.75, 3.05) is 53.4 Å². The maximum absolute atomic E-state index is 5.90. The van der Waals surface area contributed by atoms with E-state index in [0.717, 1.165) is 44.2 Å². The number of rotatable bonds is 7. The van der Waals surface area contributed by atoms with E-state index in [1.54, 1.807) is 0 Å². The summed E-state index contributed by atoms with van der Waals surface area (Å²) in [5.74, 6) is 0.955. The Hall–Kier alpha value is -1.60. The maximum atomic E-state index is 5.90. The Morgan fingerprint density at radius 3 is 3.00 bits per heavy atom.